The van der Waals surface area contributed by atoms with Crippen LogP contribution >= 0.6 is 11.6 Å². The second-order valence-electron chi connectivity index (χ2n) is 5.78. The molecule has 0 aliphatic heterocycles. The molecule has 7 nitrogen and oxygen atoms in total. The Morgan fingerprint density at radius 3 is 2.80 bits per heavy atom. The second-order valence-corrected chi connectivity index (χ2v) is 6.21. The Kier molecular flexibility index (Phi) is 4.85. The highest BCUT2D eigenvalue weighted by atomic mass is 35.5. The fraction of sp³-hybridized carbons (Fsp3) is 0.294. The Morgan fingerprint density at radius 2 is 2.12 bits per heavy atom. The molecule has 0 fully saturated rings. The maximum absolute atomic E-state index is 12.7. The van der Waals surface area contributed by atoms with Gasteiger partial charge in [0.1, 0.15) is 11.5 Å². The summed E-state index contributed by atoms with van der Waals surface area (Å²) in [5.41, 5.74) is 1.93. The van der Waals surface area contributed by atoms with Crippen molar-refractivity contribution in [3.63, 3.8) is 0 Å². The fourth-order valence-electron chi connectivity index (χ4n) is 2.43. The Hall–Kier alpha value is -2.67. The zero-order chi connectivity index (χ0) is 18.0. The van der Waals surface area contributed by atoms with Gasteiger partial charge >= 0.3 is 0 Å². The zero-order valence-electron chi connectivity index (χ0n) is 14.2. The summed E-state index contributed by atoms with van der Waals surface area (Å²) in [6.45, 7) is 4.02. The first-order chi connectivity index (χ1) is 11.9. The van der Waals surface area contributed by atoms with Crippen LogP contribution in [0.5, 0.6) is 0 Å². The number of aryl methyl sites for hydroxylation is 2. The number of hydrogen-bond acceptors (Lipinski definition) is 5. The summed E-state index contributed by atoms with van der Waals surface area (Å²) in [6, 6.07) is 7.33. The molecule has 1 amide bonds. The highest BCUT2D eigenvalue weighted by Crippen LogP contribution is 2.22. The number of halogens is 1. The maximum atomic E-state index is 12.7. The normalized spacial score (nSPS) is 10.9. The SMILES string of the molecule is Cc1nc(CCN(C)C(=O)c2nc(-c3cccc(Cl)c3)[nH]c2C)no1. The lowest BCUT2D eigenvalue weighted by atomic mass is 10.2. The number of carbonyl (C=O) groups is 1. The van der Waals surface area contributed by atoms with Crippen LogP contribution in [-0.2, 0) is 6.42 Å². The molecule has 2 heterocycles. The molecule has 0 spiro atoms. The molecule has 0 aliphatic rings. The van der Waals surface area contributed by atoms with Crippen LogP contribution in [0.1, 0.15) is 27.9 Å². The topological polar surface area (TPSA) is 87.9 Å². The molecule has 3 rings (SSSR count). The number of H-pyrrole nitrogens is 1. The van der Waals surface area contributed by atoms with Crippen molar-refractivity contribution in [3.05, 3.63) is 52.4 Å². The molecular weight excluding hydrogens is 342 g/mol. The van der Waals surface area contributed by atoms with Gasteiger partial charge in [-0.15, -0.1) is 0 Å². The van der Waals surface area contributed by atoms with Crippen molar-refractivity contribution in [2.45, 2.75) is 20.3 Å². The van der Waals surface area contributed by atoms with Crippen LogP contribution in [0.4, 0.5) is 0 Å². The third-order valence-electron chi connectivity index (χ3n) is 3.77. The highest BCUT2D eigenvalue weighted by Gasteiger charge is 2.20. The van der Waals surface area contributed by atoms with Crippen LogP contribution in [0.15, 0.2) is 28.8 Å². The van der Waals surface area contributed by atoms with E-state index in [2.05, 4.69) is 20.1 Å². The van der Waals surface area contributed by atoms with Gasteiger partial charge in [-0.2, -0.15) is 4.98 Å². The fourth-order valence-corrected chi connectivity index (χ4v) is 2.62. The monoisotopic (exact) mass is 359 g/mol. The largest absolute Gasteiger partial charge is 0.341 e. The molecule has 3 aromatic rings. The summed E-state index contributed by atoms with van der Waals surface area (Å²) in [6.07, 6.45) is 0.518. The molecule has 2 aromatic heterocycles. The van der Waals surface area contributed by atoms with E-state index < -0.39 is 0 Å². The lowest BCUT2D eigenvalue weighted by molar-refractivity contribution is 0.0790. The van der Waals surface area contributed by atoms with Gasteiger partial charge in [-0.3, -0.25) is 4.79 Å². The third kappa shape index (κ3) is 3.88. The summed E-state index contributed by atoms with van der Waals surface area (Å²) >= 11 is 6.02. The van der Waals surface area contributed by atoms with E-state index >= 15 is 0 Å². The summed E-state index contributed by atoms with van der Waals surface area (Å²) in [5.74, 6) is 1.54. The predicted molar refractivity (Wildman–Crippen MR) is 93.5 cm³/mol. The number of aromatic nitrogens is 4. The highest BCUT2D eigenvalue weighted by molar-refractivity contribution is 6.30. The van der Waals surface area contributed by atoms with E-state index in [0.717, 1.165) is 5.56 Å². The van der Waals surface area contributed by atoms with E-state index in [-0.39, 0.29) is 5.91 Å². The quantitative estimate of drug-likeness (QED) is 0.756. The summed E-state index contributed by atoms with van der Waals surface area (Å²) in [4.78, 5) is 26.0. The predicted octanol–water partition coefficient (Wildman–Crippen LogP) is 3.04. The average Bonchev–Trinajstić information content (AvgIpc) is 3.17. The molecule has 130 valence electrons. The summed E-state index contributed by atoms with van der Waals surface area (Å²) < 4.78 is 4.93. The number of carbonyl (C=O) groups excluding carboxylic acids is 1. The number of aromatic amines is 1. The zero-order valence-corrected chi connectivity index (χ0v) is 15.0. The second kappa shape index (κ2) is 7.06. The minimum atomic E-state index is -0.165. The van der Waals surface area contributed by atoms with Gasteiger partial charge in [0.25, 0.3) is 5.91 Å². The average molecular weight is 360 g/mol. The van der Waals surface area contributed by atoms with Gasteiger partial charge in [-0.25, -0.2) is 4.98 Å². The molecule has 1 N–H and O–H groups in total. The van der Waals surface area contributed by atoms with Gasteiger partial charge < -0.3 is 14.4 Å². The van der Waals surface area contributed by atoms with E-state index in [1.807, 2.05) is 19.1 Å². The lowest BCUT2D eigenvalue weighted by Crippen LogP contribution is -2.29. The van der Waals surface area contributed by atoms with Crippen molar-refractivity contribution in [1.82, 2.24) is 25.0 Å². The summed E-state index contributed by atoms with van der Waals surface area (Å²) in [5, 5.41) is 4.45. The van der Waals surface area contributed by atoms with Crippen molar-refractivity contribution in [3.8, 4) is 11.4 Å². The molecule has 25 heavy (non-hydrogen) atoms. The third-order valence-corrected chi connectivity index (χ3v) is 4.01. The number of hydrogen-bond donors (Lipinski definition) is 1. The molecule has 1 aromatic carbocycles. The smallest absolute Gasteiger partial charge is 0.274 e. The molecular formula is C17H18ClN5O2. The van der Waals surface area contributed by atoms with Crippen molar-refractivity contribution < 1.29 is 9.32 Å². The Balaban J connectivity index is 1.73. The minimum Gasteiger partial charge on any atom is -0.341 e. The molecule has 0 radical (unpaired) electrons. The van der Waals surface area contributed by atoms with E-state index in [4.69, 9.17) is 16.1 Å². The van der Waals surface area contributed by atoms with Crippen LogP contribution in [0, 0.1) is 13.8 Å². The van der Waals surface area contributed by atoms with E-state index in [0.29, 0.717) is 46.9 Å². The number of benzene rings is 1. The van der Waals surface area contributed by atoms with Gasteiger partial charge in [0.15, 0.2) is 5.82 Å². The van der Waals surface area contributed by atoms with Crippen LogP contribution in [0.3, 0.4) is 0 Å². The number of rotatable bonds is 5. The van der Waals surface area contributed by atoms with Gasteiger partial charge in [0.05, 0.1) is 0 Å². The van der Waals surface area contributed by atoms with Gasteiger partial charge in [0.2, 0.25) is 5.89 Å². The van der Waals surface area contributed by atoms with Crippen LogP contribution < -0.4 is 0 Å². The van der Waals surface area contributed by atoms with E-state index in [1.165, 1.54) is 0 Å². The van der Waals surface area contributed by atoms with Crippen LogP contribution in [-0.4, -0.2) is 44.5 Å². The van der Waals surface area contributed by atoms with Crippen molar-refractivity contribution in [2.24, 2.45) is 0 Å². The molecule has 0 saturated heterocycles. The number of likely N-dealkylation sites (N-methyl/N-ethyl adjacent to an activating group) is 1. The first-order valence-corrected chi connectivity index (χ1v) is 8.19. The Morgan fingerprint density at radius 1 is 1.32 bits per heavy atom. The standard InChI is InChI=1S/C17H18ClN5O2/c1-10-15(21-16(19-10)12-5-4-6-13(18)9-12)17(24)23(3)8-7-14-20-11(2)25-22-14/h4-6,9H,7-8H2,1-3H3,(H,19,21). The van der Waals surface area contributed by atoms with Gasteiger partial charge in [0, 0.05) is 43.2 Å². The Labute approximate surface area is 150 Å². The van der Waals surface area contributed by atoms with Gasteiger partial charge in [-0.05, 0) is 19.1 Å². The number of amides is 1. The van der Waals surface area contributed by atoms with Crippen molar-refractivity contribution in [2.75, 3.05) is 13.6 Å². The van der Waals surface area contributed by atoms with Crippen molar-refractivity contribution >= 4 is 17.5 Å². The number of nitrogens with one attached hydrogen (secondary N) is 1. The first kappa shape index (κ1) is 17.2. The number of nitrogens with zero attached hydrogens (tertiary/aromatic N) is 4. The first-order valence-electron chi connectivity index (χ1n) is 7.81. The van der Waals surface area contributed by atoms with Gasteiger partial charge in [-0.1, -0.05) is 28.9 Å². The molecule has 0 aliphatic carbocycles. The lowest BCUT2D eigenvalue weighted by Gasteiger charge is -2.15. The minimum absolute atomic E-state index is 0.165. The van der Waals surface area contributed by atoms with Crippen LogP contribution in [0.25, 0.3) is 11.4 Å². The molecule has 0 unspecified atom stereocenters. The number of imidazole rings is 1. The molecule has 0 atom stereocenters. The molecule has 8 heteroatoms. The van der Waals surface area contributed by atoms with E-state index in [1.54, 1.807) is 31.0 Å². The Bertz CT molecular complexity index is 902. The van der Waals surface area contributed by atoms with E-state index in [9.17, 15) is 4.79 Å². The summed E-state index contributed by atoms with van der Waals surface area (Å²) in [7, 11) is 1.72. The molecule has 0 saturated carbocycles. The molecule has 0 bridgehead atoms. The maximum Gasteiger partial charge on any atom is 0.274 e. The van der Waals surface area contributed by atoms with Crippen LogP contribution in [0.2, 0.25) is 5.02 Å². The van der Waals surface area contributed by atoms with Crippen molar-refractivity contribution in [1.29, 1.82) is 0 Å².